The van der Waals surface area contributed by atoms with Crippen LogP contribution in [0.3, 0.4) is 0 Å². The van der Waals surface area contributed by atoms with Gasteiger partial charge in [0.1, 0.15) is 5.82 Å². The largest absolute Gasteiger partial charge is 0.369 e. The molecule has 3 aromatic rings. The summed E-state index contributed by atoms with van der Waals surface area (Å²) in [5.74, 6) is 1.66. The van der Waals surface area contributed by atoms with Crippen molar-refractivity contribution in [1.82, 2.24) is 18.7 Å². The Morgan fingerprint density at radius 2 is 1.80 bits per heavy atom. The number of epoxide rings is 1. The highest BCUT2D eigenvalue weighted by molar-refractivity contribution is 5.72. The Morgan fingerprint density at radius 1 is 1.06 bits per heavy atom. The zero-order valence-corrected chi connectivity index (χ0v) is 19.9. The van der Waals surface area contributed by atoms with Crippen molar-refractivity contribution in [1.29, 1.82) is 0 Å². The molecule has 0 spiro atoms. The first kappa shape index (κ1) is 22.2. The van der Waals surface area contributed by atoms with Crippen molar-refractivity contribution in [3.63, 3.8) is 0 Å². The van der Waals surface area contributed by atoms with E-state index in [0.717, 1.165) is 25.1 Å². The first-order chi connectivity index (χ1) is 16.9. The van der Waals surface area contributed by atoms with E-state index >= 15 is 0 Å². The predicted octanol–water partition coefficient (Wildman–Crippen LogP) is 3.03. The summed E-state index contributed by atoms with van der Waals surface area (Å²) in [5.41, 5.74) is 0.549. The van der Waals surface area contributed by atoms with Gasteiger partial charge in [-0.2, -0.15) is 0 Å². The molecule has 1 aromatic carbocycles. The maximum atomic E-state index is 13.7. The van der Waals surface area contributed by atoms with Crippen LogP contribution < -0.4 is 11.2 Å². The van der Waals surface area contributed by atoms with Crippen LogP contribution in [0.5, 0.6) is 0 Å². The van der Waals surface area contributed by atoms with Crippen molar-refractivity contribution in [2.24, 2.45) is 11.8 Å². The minimum Gasteiger partial charge on any atom is -0.369 e. The molecule has 10 heteroatoms. The molecule has 10 nitrogen and oxygen atoms in total. The fraction of sp³-hybridized carbons (Fsp3) is 0.560. The van der Waals surface area contributed by atoms with Crippen molar-refractivity contribution in [2.45, 2.75) is 77.3 Å². The molecule has 0 radical (unpaired) electrons. The molecule has 0 amide bonds. The Bertz CT molecular complexity index is 1450. The Kier molecular flexibility index (Phi) is 5.17. The smallest absolute Gasteiger partial charge is 0.332 e. The van der Waals surface area contributed by atoms with Crippen LogP contribution in [-0.2, 0) is 24.4 Å². The molecule has 0 N–H and O–H groups in total. The van der Waals surface area contributed by atoms with Gasteiger partial charge in [-0.05, 0) is 37.5 Å². The number of aromatic nitrogens is 4. The third-order valence-corrected chi connectivity index (χ3v) is 7.98. The molecular formula is C25H29N5O5. The van der Waals surface area contributed by atoms with Gasteiger partial charge in [-0.15, -0.1) is 0 Å². The summed E-state index contributed by atoms with van der Waals surface area (Å²) in [7, 11) is 0. The molecule has 2 aromatic heterocycles. The number of imidazole rings is 1. The zero-order valence-electron chi connectivity index (χ0n) is 19.9. The van der Waals surface area contributed by atoms with E-state index in [1.807, 2.05) is 18.4 Å². The van der Waals surface area contributed by atoms with E-state index in [0.29, 0.717) is 54.2 Å². The number of para-hydroxylation sites is 1. The van der Waals surface area contributed by atoms with Gasteiger partial charge in [-0.1, -0.05) is 32.0 Å². The van der Waals surface area contributed by atoms with Gasteiger partial charge in [0.2, 0.25) is 0 Å². The molecule has 35 heavy (non-hydrogen) atoms. The van der Waals surface area contributed by atoms with Crippen molar-refractivity contribution < 1.29 is 9.66 Å². The highest BCUT2D eigenvalue weighted by atomic mass is 16.6. The summed E-state index contributed by atoms with van der Waals surface area (Å²) in [6, 6.07) is 6.61. The Morgan fingerprint density at radius 3 is 2.49 bits per heavy atom. The topological polar surface area (TPSA) is 117 Å². The Balaban J connectivity index is 1.61. The first-order valence-electron chi connectivity index (χ1n) is 12.6. The molecule has 2 saturated carbocycles. The van der Waals surface area contributed by atoms with Crippen molar-refractivity contribution in [3.8, 4) is 0 Å². The molecule has 2 aliphatic carbocycles. The van der Waals surface area contributed by atoms with Crippen molar-refractivity contribution in [3.05, 3.63) is 66.6 Å². The van der Waals surface area contributed by atoms with E-state index in [9.17, 15) is 19.7 Å². The minimum atomic E-state index is -0.392. The van der Waals surface area contributed by atoms with Gasteiger partial charge in [0, 0.05) is 30.6 Å². The van der Waals surface area contributed by atoms with Crippen LogP contribution >= 0.6 is 0 Å². The van der Waals surface area contributed by atoms with Gasteiger partial charge < -0.3 is 9.30 Å². The molecule has 3 aliphatic rings. The van der Waals surface area contributed by atoms with E-state index < -0.39 is 4.92 Å². The number of hydrogen-bond acceptors (Lipinski definition) is 6. The number of hydrogen-bond donors (Lipinski definition) is 0. The van der Waals surface area contributed by atoms with E-state index in [2.05, 4.69) is 0 Å². The number of fused-ring (bicyclic) bond motifs is 6. The highest BCUT2D eigenvalue weighted by Crippen LogP contribution is 2.61. The summed E-state index contributed by atoms with van der Waals surface area (Å²) in [4.78, 5) is 43.3. The number of nitro benzene ring substituents is 1. The van der Waals surface area contributed by atoms with Gasteiger partial charge in [0.05, 0.1) is 23.7 Å². The molecule has 3 fully saturated rings. The third kappa shape index (κ3) is 3.30. The lowest BCUT2D eigenvalue weighted by Crippen LogP contribution is -2.40. The lowest BCUT2D eigenvalue weighted by molar-refractivity contribution is -0.385. The lowest BCUT2D eigenvalue weighted by atomic mass is 9.88. The van der Waals surface area contributed by atoms with E-state index in [-0.39, 0.29) is 35.5 Å². The first-order valence-corrected chi connectivity index (χ1v) is 12.6. The summed E-state index contributed by atoms with van der Waals surface area (Å²) in [5, 5.41) is 11.8. The summed E-state index contributed by atoms with van der Waals surface area (Å²) in [6.07, 6.45) is 3.96. The van der Waals surface area contributed by atoms with Crippen LogP contribution in [0.15, 0.2) is 33.9 Å². The highest BCUT2D eigenvalue weighted by Gasteiger charge is 2.64. The lowest BCUT2D eigenvalue weighted by Gasteiger charge is -2.20. The Labute approximate surface area is 201 Å². The minimum absolute atomic E-state index is 0.00889. The number of nitrogens with zero attached hydrogens (tertiary/aromatic N) is 5. The van der Waals surface area contributed by atoms with Crippen LogP contribution in [-0.4, -0.2) is 35.8 Å². The number of rotatable bonds is 8. The summed E-state index contributed by atoms with van der Waals surface area (Å²) >= 11 is 0. The second kappa shape index (κ2) is 8.15. The number of benzene rings is 1. The molecule has 1 saturated heterocycles. The van der Waals surface area contributed by atoms with Crippen molar-refractivity contribution >= 4 is 16.9 Å². The fourth-order valence-electron chi connectivity index (χ4n) is 6.49. The monoisotopic (exact) mass is 479 g/mol. The van der Waals surface area contributed by atoms with Gasteiger partial charge in [-0.3, -0.25) is 24.0 Å². The van der Waals surface area contributed by atoms with Crippen LogP contribution in [0, 0.1) is 22.0 Å². The molecule has 1 unspecified atom stereocenters. The second-order valence-electron chi connectivity index (χ2n) is 10.1. The van der Waals surface area contributed by atoms with Crippen LogP contribution in [0.2, 0.25) is 0 Å². The van der Waals surface area contributed by atoms with Gasteiger partial charge >= 0.3 is 5.69 Å². The average molecular weight is 480 g/mol. The second-order valence-corrected chi connectivity index (χ2v) is 10.1. The van der Waals surface area contributed by atoms with Gasteiger partial charge in [0.15, 0.2) is 11.2 Å². The molecule has 1 aliphatic heterocycles. The molecule has 6 rings (SSSR count). The molecular weight excluding hydrogens is 450 g/mol. The molecule has 5 atom stereocenters. The average Bonchev–Trinajstić information content (AvgIpc) is 3.25. The van der Waals surface area contributed by atoms with Crippen LogP contribution in [0.25, 0.3) is 11.2 Å². The maximum Gasteiger partial charge on any atom is 0.332 e. The predicted molar refractivity (Wildman–Crippen MR) is 129 cm³/mol. The SMILES string of the molecule is CCCn1c(=O)c2c(nc(C3C[C@H]4C[C@@H]3[C@H]3O[C@@H]43)n2Cc2ccccc2[N+](=O)[O-])n(CCC)c1=O. The fourth-order valence-corrected chi connectivity index (χ4v) is 6.49. The maximum absolute atomic E-state index is 13.7. The standard InChI is InChI=1S/C25H29N5O5/c1-3-9-27-23-19(24(31)28(10-4-2)25(27)32)29(13-14-7-5-6-8-18(14)30(33)34)22(26-23)17-12-15-11-16(17)21-20(15)35-21/h5-8,15-17,20-21H,3-4,9-13H2,1-2H3/t15-,16+,17?,20+,21-/m1/s1. The molecule has 2 bridgehead atoms. The van der Waals surface area contributed by atoms with Gasteiger partial charge in [0.25, 0.3) is 11.2 Å². The van der Waals surface area contributed by atoms with Crippen molar-refractivity contribution in [2.75, 3.05) is 0 Å². The Hall–Kier alpha value is -3.27. The van der Waals surface area contributed by atoms with E-state index in [1.165, 1.54) is 10.6 Å². The summed E-state index contributed by atoms with van der Waals surface area (Å²) < 4.78 is 10.6. The normalized spacial score (nSPS) is 26.4. The quantitative estimate of drug-likeness (QED) is 0.278. The van der Waals surface area contributed by atoms with E-state index in [1.54, 1.807) is 22.8 Å². The molecule has 184 valence electrons. The van der Waals surface area contributed by atoms with Crippen LogP contribution in [0.1, 0.15) is 56.8 Å². The summed E-state index contributed by atoms with van der Waals surface area (Å²) in [6.45, 7) is 4.83. The van der Waals surface area contributed by atoms with Gasteiger partial charge in [-0.25, -0.2) is 9.78 Å². The zero-order chi connectivity index (χ0) is 24.4. The number of nitro groups is 1. The van der Waals surface area contributed by atoms with Crippen LogP contribution in [0.4, 0.5) is 5.69 Å². The number of ether oxygens (including phenoxy) is 1. The third-order valence-electron chi connectivity index (χ3n) is 7.98. The molecule has 3 heterocycles. The van der Waals surface area contributed by atoms with E-state index in [4.69, 9.17) is 9.72 Å². The number of aryl methyl sites for hydroxylation is 1.